The van der Waals surface area contributed by atoms with Crippen LogP contribution in [-0.4, -0.2) is 25.1 Å². The van der Waals surface area contributed by atoms with Gasteiger partial charge in [0.25, 0.3) is 0 Å². The quantitative estimate of drug-likeness (QED) is 0.798. The number of rotatable bonds is 6. The van der Waals surface area contributed by atoms with Crippen molar-refractivity contribution in [3.8, 4) is 11.8 Å². The van der Waals surface area contributed by atoms with Crippen molar-refractivity contribution in [2.75, 3.05) is 20.2 Å². The van der Waals surface area contributed by atoms with E-state index in [2.05, 4.69) is 46.1 Å². The summed E-state index contributed by atoms with van der Waals surface area (Å²) in [6.07, 6.45) is 0. The molecule has 0 radical (unpaired) electrons. The van der Waals surface area contributed by atoms with Crippen molar-refractivity contribution in [3.05, 3.63) is 64.1 Å². The van der Waals surface area contributed by atoms with Gasteiger partial charge in [0.15, 0.2) is 0 Å². The van der Waals surface area contributed by atoms with Gasteiger partial charge in [0.05, 0.1) is 5.56 Å². The number of ether oxygens (including phenoxy) is 1. The molecule has 0 N–H and O–H groups in total. The van der Waals surface area contributed by atoms with Crippen LogP contribution in [0, 0.1) is 11.3 Å². The fourth-order valence-electron chi connectivity index (χ4n) is 2.02. The van der Waals surface area contributed by atoms with E-state index in [4.69, 9.17) is 10.00 Å². The van der Waals surface area contributed by atoms with Crippen LogP contribution >= 0.6 is 15.9 Å². The average Bonchev–Trinajstić information content (AvgIpc) is 2.47. The predicted octanol–water partition coefficient (Wildman–Crippen LogP) is 3.83. The monoisotopic (exact) mass is 344 g/mol. The maximum absolute atomic E-state index is 9.00. The van der Waals surface area contributed by atoms with Gasteiger partial charge in [0.1, 0.15) is 18.4 Å². The van der Waals surface area contributed by atoms with Crippen molar-refractivity contribution >= 4 is 15.9 Å². The summed E-state index contributed by atoms with van der Waals surface area (Å²) in [5.41, 5.74) is 1.83. The highest BCUT2D eigenvalue weighted by Gasteiger charge is 2.04. The first-order valence-corrected chi connectivity index (χ1v) is 7.53. The molecule has 21 heavy (non-hydrogen) atoms. The zero-order valence-corrected chi connectivity index (χ0v) is 13.5. The number of likely N-dealkylation sites (N-methyl/N-ethyl adjacent to an activating group) is 1. The van der Waals surface area contributed by atoms with Crippen LogP contribution < -0.4 is 4.74 Å². The third kappa shape index (κ3) is 4.89. The first-order chi connectivity index (χ1) is 10.2. The molecule has 4 heteroatoms. The number of hydrogen-bond donors (Lipinski definition) is 0. The van der Waals surface area contributed by atoms with Crippen LogP contribution in [0.1, 0.15) is 11.1 Å². The molecule has 0 heterocycles. The number of para-hydroxylation sites is 1. The second kappa shape index (κ2) is 7.82. The maximum atomic E-state index is 9.00. The van der Waals surface area contributed by atoms with E-state index < -0.39 is 0 Å². The molecule has 2 aromatic carbocycles. The van der Waals surface area contributed by atoms with E-state index in [9.17, 15) is 0 Å². The third-order valence-electron chi connectivity index (χ3n) is 3.08. The van der Waals surface area contributed by atoms with Gasteiger partial charge in [0, 0.05) is 17.6 Å². The molecule has 0 unspecified atom stereocenters. The van der Waals surface area contributed by atoms with Gasteiger partial charge in [-0.2, -0.15) is 5.26 Å². The van der Waals surface area contributed by atoms with E-state index in [0.717, 1.165) is 17.6 Å². The number of nitriles is 1. The Balaban J connectivity index is 1.82. The standard InChI is InChI=1S/C17H17BrN2O/c1-20(13-14-5-4-7-16(18)11-14)9-10-21-17-8-3-2-6-15(17)12-19/h2-8,11H,9-10,13H2,1H3. The highest BCUT2D eigenvalue weighted by Crippen LogP contribution is 2.16. The average molecular weight is 345 g/mol. The van der Waals surface area contributed by atoms with E-state index in [1.165, 1.54) is 5.56 Å². The summed E-state index contributed by atoms with van der Waals surface area (Å²) < 4.78 is 6.78. The minimum Gasteiger partial charge on any atom is -0.491 e. The lowest BCUT2D eigenvalue weighted by molar-refractivity contribution is 0.232. The van der Waals surface area contributed by atoms with Crippen molar-refractivity contribution < 1.29 is 4.74 Å². The summed E-state index contributed by atoms with van der Waals surface area (Å²) in [5.74, 6) is 0.649. The smallest absolute Gasteiger partial charge is 0.137 e. The van der Waals surface area contributed by atoms with Crippen molar-refractivity contribution in [1.82, 2.24) is 4.90 Å². The van der Waals surface area contributed by atoms with Gasteiger partial charge in [-0.1, -0.05) is 40.2 Å². The summed E-state index contributed by atoms with van der Waals surface area (Å²) >= 11 is 3.48. The Morgan fingerprint density at radius 2 is 2.00 bits per heavy atom. The zero-order chi connectivity index (χ0) is 15.1. The zero-order valence-electron chi connectivity index (χ0n) is 11.9. The molecule has 0 bridgehead atoms. The van der Waals surface area contributed by atoms with Crippen LogP contribution in [0.4, 0.5) is 0 Å². The molecule has 0 fully saturated rings. The normalized spacial score (nSPS) is 10.4. The van der Waals surface area contributed by atoms with Crippen LogP contribution in [0.2, 0.25) is 0 Å². The summed E-state index contributed by atoms with van der Waals surface area (Å²) in [4.78, 5) is 2.19. The number of halogens is 1. The molecule has 0 saturated carbocycles. The van der Waals surface area contributed by atoms with E-state index in [1.807, 2.05) is 30.3 Å². The van der Waals surface area contributed by atoms with Gasteiger partial charge >= 0.3 is 0 Å². The van der Waals surface area contributed by atoms with Crippen LogP contribution in [0.5, 0.6) is 5.75 Å². The molecular formula is C17H17BrN2O. The molecule has 0 aliphatic heterocycles. The molecule has 3 nitrogen and oxygen atoms in total. The van der Waals surface area contributed by atoms with E-state index >= 15 is 0 Å². The minimum atomic E-state index is 0.559. The predicted molar refractivity (Wildman–Crippen MR) is 87.1 cm³/mol. The van der Waals surface area contributed by atoms with E-state index in [-0.39, 0.29) is 0 Å². The van der Waals surface area contributed by atoms with Crippen LogP contribution in [0.25, 0.3) is 0 Å². The molecule has 2 aromatic rings. The Labute approximate surface area is 133 Å². The fraction of sp³-hybridized carbons (Fsp3) is 0.235. The van der Waals surface area contributed by atoms with Crippen molar-refractivity contribution in [2.24, 2.45) is 0 Å². The Bertz CT molecular complexity index is 637. The summed E-state index contributed by atoms with van der Waals surface area (Å²) in [6, 6.07) is 17.7. The van der Waals surface area contributed by atoms with Gasteiger partial charge in [-0.05, 0) is 36.9 Å². The molecule has 0 saturated heterocycles. The second-order valence-corrected chi connectivity index (χ2v) is 5.74. The van der Waals surface area contributed by atoms with E-state index in [0.29, 0.717) is 17.9 Å². The molecule has 0 amide bonds. The second-order valence-electron chi connectivity index (χ2n) is 4.82. The first kappa shape index (κ1) is 15.6. The van der Waals surface area contributed by atoms with Crippen LogP contribution in [-0.2, 0) is 6.54 Å². The topological polar surface area (TPSA) is 36.3 Å². The molecule has 0 aliphatic rings. The van der Waals surface area contributed by atoms with Gasteiger partial charge in [-0.3, -0.25) is 4.90 Å². The lowest BCUT2D eigenvalue weighted by atomic mass is 10.2. The Hall–Kier alpha value is -1.83. The summed E-state index contributed by atoms with van der Waals surface area (Å²) in [5, 5.41) is 9.00. The molecule has 0 atom stereocenters. The van der Waals surface area contributed by atoms with Crippen LogP contribution in [0.3, 0.4) is 0 Å². The SMILES string of the molecule is CN(CCOc1ccccc1C#N)Cc1cccc(Br)c1. The first-order valence-electron chi connectivity index (χ1n) is 6.74. The molecule has 2 rings (SSSR count). The molecule has 108 valence electrons. The Kier molecular flexibility index (Phi) is 5.79. The molecule has 0 aromatic heterocycles. The molecular weight excluding hydrogens is 328 g/mol. The lowest BCUT2D eigenvalue weighted by Crippen LogP contribution is -2.24. The fourth-order valence-corrected chi connectivity index (χ4v) is 2.47. The van der Waals surface area contributed by atoms with E-state index in [1.54, 1.807) is 6.07 Å². The third-order valence-corrected chi connectivity index (χ3v) is 3.57. The van der Waals surface area contributed by atoms with Crippen molar-refractivity contribution in [2.45, 2.75) is 6.54 Å². The lowest BCUT2D eigenvalue weighted by Gasteiger charge is -2.17. The van der Waals surface area contributed by atoms with Crippen molar-refractivity contribution in [3.63, 3.8) is 0 Å². The number of nitrogens with zero attached hydrogens (tertiary/aromatic N) is 2. The number of hydrogen-bond acceptors (Lipinski definition) is 3. The highest BCUT2D eigenvalue weighted by atomic mass is 79.9. The number of benzene rings is 2. The Morgan fingerprint density at radius 3 is 2.76 bits per heavy atom. The van der Waals surface area contributed by atoms with Gasteiger partial charge in [-0.15, -0.1) is 0 Å². The Morgan fingerprint density at radius 1 is 1.19 bits per heavy atom. The van der Waals surface area contributed by atoms with Gasteiger partial charge < -0.3 is 4.74 Å². The van der Waals surface area contributed by atoms with Gasteiger partial charge in [0.2, 0.25) is 0 Å². The molecule has 0 aliphatic carbocycles. The van der Waals surface area contributed by atoms with Crippen LogP contribution in [0.15, 0.2) is 53.0 Å². The van der Waals surface area contributed by atoms with Crippen molar-refractivity contribution in [1.29, 1.82) is 5.26 Å². The largest absolute Gasteiger partial charge is 0.491 e. The minimum absolute atomic E-state index is 0.559. The summed E-state index contributed by atoms with van der Waals surface area (Å²) in [7, 11) is 2.06. The maximum Gasteiger partial charge on any atom is 0.137 e. The molecule has 0 spiro atoms. The highest BCUT2D eigenvalue weighted by molar-refractivity contribution is 9.10. The van der Waals surface area contributed by atoms with Gasteiger partial charge in [-0.25, -0.2) is 0 Å². The summed E-state index contributed by atoms with van der Waals surface area (Å²) in [6.45, 7) is 2.22.